The van der Waals surface area contributed by atoms with Crippen LogP contribution in [0.25, 0.3) is 99.9 Å². The molecule has 0 spiro atoms. The molecule has 51 heavy (non-hydrogen) atoms. The van der Waals surface area contributed by atoms with Gasteiger partial charge in [-0.25, -0.2) is 15.0 Å². The maximum absolute atomic E-state index is 9.89. The smallest absolute Gasteiger partial charge is 0.164 e. The molecule has 10 rings (SSSR count). The van der Waals surface area contributed by atoms with E-state index in [0.717, 1.165) is 21.9 Å². The number of benzene rings is 8. The molecule has 0 aliphatic heterocycles. The first-order chi connectivity index (χ1) is 30.7. The molecular formula is C47H29N3O. The van der Waals surface area contributed by atoms with Crippen LogP contribution >= 0.6 is 0 Å². The van der Waals surface area contributed by atoms with Crippen molar-refractivity contribution in [3.63, 3.8) is 0 Å². The molecule has 238 valence electrons. The molecule has 2 heterocycles. The van der Waals surface area contributed by atoms with Gasteiger partial charge in [-0.05, 0) is 80.1 Å². The van der Waals surface area contributed by atoms with Gasteiger partial charge in [0.2, 0.25) is 0 Å². The third kappa shape index (κ3) is 5.22. The van der Waals surface area contributed by atoms with E-state index >= 15 is 0 Å². The Morgan fingerprint density at radius 2 is 1.00 bits per heavy atom. The zero-order valence-electron chi connectivity index (χ0n) is 39.5. The lowest BCUT2D eigenvalue weighted by Gasteiger charge is -2.11. The van der Waals surface area contributed by atoms with Crippen LogP contribution in [0.5, 0.6) is 0 Å². The first-order valence-corrected chi connectivity index (χ1v) is 16.0. The summed E-state index contributed by atoms with van der Waals surface area (Å²) in [5, 5.41) is 0.698. The highest BCUT2D eigenvalue weighted by Crippen LogP contribution is 2.41. The standard InChI is InChI=1S/C47H29N3O/c1-4-12-30(13-5-1)35-20-21-37-25-38(23-22-36(37)24-35)46-48-45(32-16-8-3-9-17-32)49-47(50-46)39-27-40(31-14-6-2-7-15-31)44-41-26-33-18-10-11-19-34(33)28-42(41)51-43(44)29-39/h1-29H/i2D,6D,7D,10D,11D,14D,15D,18D,19D,26D,27D,28D,29D. The summed E-state index contributed by atoms with van der Waals surface area (Å²) < 4.78 is 122. The molecule has 0 bridgehead atoms. The monoisotopic (exact) mass is 664 g/mol. The number of fused-ring (bicyclic) bond motifs is 5. The maximum atomic E-state index is 9.89. The van der Waals surface area contributed by atoms with E-state index in [4.69, 9.17) is 31.7 Å². The lowest BCUT2D eigenvalue weighted by Crippen LogP contribution is -2.00. The quantitative estimate of drug-likeness (QED) is 0.184. The Balaban J connectivity index is 1.32. The van der Waals surface area contributed by atoms with Gasteiger partial charge in [-0.2, -0.15) is 0 Å². The van der Waals surface area contributed by atoms with E-state index in [1.54, 1.807) is 24.3 Å². The van der Waals surface area contributed by atoms with Crippen molar-refractivity contribution in [1.82, 2.24) is 15.0 Å². The fourth-order valence-corrected chi connectivity index (χ4v) is 6.24. The summed E-state index contributed by atoms with van der Waals surface area (Å²) in [6.07, 6.45) is 0. The van der Waals surface area contributed by atoms with E-state index in [-0.39, 0.29) is 61.3 Å². The van der Waals surface area contributed by atoms with Crippen molar-refractivity contribution in [3.05, 3.63) is 176 Å². The molecule has 0 amide bonds. The van der Waals surface area contributed by atoms with Gasteiger partial charge >= 0.3 is 0 Å². The molecule has 10 aromatic rings. The summed E-state index contributed by atoms with van der Waals surface area (Å²) in [4.78, 5) is 14.5. The second-order valence-corrected chi connectivity index (χ2v) is 11.8. The molecule has 0 atom stereocenters. The minimum Gasteiger partial charge on any atom is -0.456 e. The first-order valence-electron chi connectivity index (χ1n) is 22.5. The third-order valence-electron chi connectivity index (χ3n) is 8.67. The van der Waals surface area contributed by atoms with E-state index in [1.807, 2.05) is 66.7 Å². The van der Waals surface area contributed by atoms with Crippen LogP contribution in [-0.4, -0.2) is 15.0 Å². The van der Waals surface area contributed by atoms with Crippen molar-refractivity contribution in [3.8, 4) is 56.4 Å². The Hall–Kier alpha value is -6.91. The van der Waals surface area contributed by atoms with Gasteiger partial charge in [-0.3, -0.25) is 0 Å². The minimum atomic E-state index is -0.722. The first kappa shape index (κ1) is 18.7. The van der Waals surface area contributed by atoms with Crippen LogP contribution in [0.4, 0.5) is 0 Å². The predicted octanol–water partition coefficient (Wildman–Crippen LogP) is 12.4. The third-order valence-corrected chi connectivity index (χ3v) is 8.67. The average Bonchev–Trinajstić information content (AvgIpc) is 3.73. The molecule has 0 aliphatic carbocycles. The fraction of sp³-hybridized carbons (Fsp3) is 0. The highest BCUT2D eigenvalue weighted by molar-refractivity contribution is 6.16. The molecule has 0 saturated carbocycles. The van der Waals surface area contributed by atoms with Crippen LogP contribution in [0.1, 0.15) is 17.8 Å². The largest absolute Gasteiger partial charge is 0.456 e. The molecule has 4 heteroatoms. The number of nitrogens with zero attached hydrogens (tertiary/aromatic N) is 3. The Morgan fingerprint density at radius 3 is 1.73 bits per heavy atom. The summed E-state index contributed by atoms with van der Waals surface area (Å²) in [7, 11) is 0. The van der Waals surface area contributed by atoms with E-state index in [9.17, 15) is 5.48 Å². The Kier molecular flexibility index (Phi) is 4.37. The molecule has 0 fully saturated rings. The average molecular weight is 665 g/mol. The van der Waals surface area contributed by atoms with Gasteiger partial charge in [0.05, 0.1) is 17.8 Å². The zero-order valence-corrected chi connectivity index (χ0v) is 26.5. The van der Waals surface area contributed by atoms with Crippen molar-refractivity contribution in [2.24, 2.45) is 0 Å². The van der Waals surface area contributed by atoms with Gasteiger partial charge in [0.1, 0.15) is 11.2 Å². The lowest BCUT2D eigenvalue weighted by atomic mass is 9.96. The normalized spacial score (nSPS) is 15.1. The number of hydrogen-bond acceptors (Lipinski definition) is 4. The zero-order chi connectivity index (χ0) is 45.0. The second kappa shape index (κ2) is 11.9. The summed E-state index contributed by atoms with van der Waals surface area (Å²) >= 11 is 0. The Morgan fingerprint density at radius 1 is 0.412 bits per heavy atom. The molecule has 0 aliphatic rings. The van der Waals surface area contributed by atoms with Crippen LogP contribution in [0.3, 0.4) is 0 Å². The molecule has 0 unspecified atom stereocenters. The molecule has 0 radical (unpaired) electrons. The lowest BCUT2D eigenvalue weighted by molar-refractivity contribution is 0.669. The molecular weight excluding hydrogens is 623 g/mol. The number of rotatable bonds is 5. The Bertz CT molecular complexity index is 3630. The van der Waals surface area contributed by atoms with Crippen molar-refractivity contribution in [2.45, 2.75) is 0 Å². The fourth-order valence-electron chi connectivity index (χ4n) is 6.24. The highest BCUT2D eigenvalue weighted by Gasteiger charge is 2.19. The second-order valence-electron chi connectivity index (χ2n) is 11.8. The topological polar surface area (TPSA) is 51.8 Å². The van der Waals surface area contributed by atoms with Crippen molar-refractivity contribution >= 4 is 43.5 Å². The molecule has 2 aromatic heterocycles. The maximum Gasteiger partial charge on any atom is 0.164 e. The van der Waals surface area contributed by atoms with Gasteiger partial charge in [0, 0.05) is 27.5 Å². The van der Waals surface area contributed by atoms with Crippen LogP contribution in [0.2, 0.25) is 0 Å². The minimum absolute atomic E-state index is 0.169. The van der Waals surface area contributed by atoms with Crippen molar-refractivity contribution in [2.75, 3.05) is 0 Å². The van der Waals surface area contributed by atoms with Gasteiger partial charge in [0.15, 0.2) is 17.5 Å². The van der Waals surface area contributed by atoms with Crippen LogP contribution in [0, 0.1) is 0 Å². The van der Waals surface area contributed by atoms with Crippen LogP contribution in [0.15, 0.2) is 180 Å². The molecule has 8 aromatic carbocycles. The van der Waals surface area contributed by atoms with Crippen molar-refractivity contribution in [1.29, 1.82) is 0 Å². The van der Waals surface area contributed by atoms with Gasteiger partial charge in [0.25, 0.3) is 0 Å². The van der Waals surface area contributed by atoms with E-state index in [1.165, 1.54) is 0 Å². The van der Waals surface area contributed by atoms with Crippen LogP contribution < -0.4 is 0 Å². The summed E-state index contributed by atoms with van der Waals surface area (Å²) in [6.45, 7) is 0. The van der Waals surface area contributed by atoms with E-state index in [2.05, 4.69) is 6.07 Å². The molecule has 0 N–H and O–H groups in total. The molecule has 0 saturated heterocycles. The van der Waals surface area contributed by atoms with Gasteiger partial charge < -0.3 is 4.42 Å². The molecule has 4 nitrogen and oxygen atoms in total. The highest BCUT2D eigenvalue weighted by atomic mass is 16.3. The summed E-state index contributed by atoms with van der Waals surface area (Å²) in [5.41, 5.74) is 1.39. The summed E-state index contributed by atoms with van der Waals surface area (Å²) in [6, 6.07) is 22.5. The van der Waals surface area contributed by atoms with Crippen molar-refractivity contribution < 1.29 is 22.2 Å². The number of furan rings is 1. The van der Waals surface area contributed by atoms with Crippen LogP contribution in [-0.2, 0) is 0 Å². The predicted molar refractivity (Wildman–Crippen MR) is 209 cm³/mol. The number of hydrogen-bond donors (Lipinski definition) is 0. The number of aromatic nitrogens is 3. The SMILES string of the molecule is [2H]c1c([2H])c([2H])c(-c2c([2H])c(-c3nc(-c4ccccc4)nc(-c4ccc5cc(-c6ccccc6)ccc5c4)n3)c([2H])c3oc4c([2H])c5c([2H])c([2H])c([2H])c([2H])c5c([2H])c4c23)c([2H])c1[2H]. The van der Waals surface area contributed by atoms with E-state index < -0.39 is 84.1 Å². The van der Waals surface area contributed by atoms with Gasteiger partial charge in [-0.15, -0.1) is 0 Å². The summed E-state index contributed by atoms with van der Waals surface area (Å²) in [5.74, 6) is 0.142. The van der Waals surface area contributed by atoms with Gasteiger partial charge in [-0.1, -0.05) is 139 Å². The van der Waals surface area contributed by atoms with E-state index in [0.29, 0.717) is 11.1 Å². The Labute approximate surface area is 312 Å².